The number of hydrogen-bond donors (Lipinski definition) is 1. The Kier molecular flexibility index (Phi) is 5.32. The summed E-state index contributed by atoms with van der Waals surface area (Å²) in [5, 5.41) is 3.20. The minimum Gasteiger partial charge on any atom is -0.426 e. The van der Waals surface area contributed by atoms with Gasteiger partial charge in [-0.1, -0.05) is 17.7 Å². The molecule has 2 aliphatic heterocycles. The molecule has 0 unspecified atom stereocenters. The van der Waals surface area contributed by atoms with Gasteiger partial charge in [-0.25, -0.2) is 4.39 Å². The van der Waals surface area contributed by atoms with Gasteiger partial charge in [0.15, 0.2) is 0 Å². The van der Waals surface area contributed by atoms with Gasteiger partial charge in [-0.2, -0.15) is 0 Å². The number of amides is 1. The van der Waals surface area contributed by atoms with E-state index in [0.29, 0.717) is 25.4 Å². The zero-order chi connectivity index (χ0) is 20.5. The van der Waals surface area contributed by atoms with Crippen molar-refractivity contribution in [1.82, 2.24) is 4.90 Å². The molecule has 2 aliphatic rings. The lowest BCUT2D eigenvalue weighted by Gasteiger charge is -2.41. The number of hydrogen-bond acceptors (Lipinski definition) is 5. The number of ether oxygens (including phenoxy) is 1. The van der Waals surface area contributed by atoms with Crippen molar-refractivity contribution in [2.45, 2.75) is 19.4 Å². The SMILES string of the molecule is C[C@@H]1CN(C(=O)CNc2ccc3c(c2)OC(=O)C3)CCN1c1ccc(Cl)c(F)c1. The molecule has 1 saturated heterocycles. The quantitative estimate of drug-likeness (QED) is 0.612. The van der Waals surface area contributed by atoms with Gasteiger partial charge in [-0.3, -0.25) is 9.59 Å². The highest BCUT2D eigenvalue weighted by molar-refractivity contribution is 6.30. The Morgan fingerprint density at radius 3 is 2.86 bits per heavy atom. The number of benzene rings is 2. The van der Waals surface area contributed by atoms with Crippen LogP contribution in [0.3, 0.4) is 0 Å². The van der Waals surface area contributed by atoms with Crippen molar-refractivity contribution in [2.24, 2.45) is 0 Å². The molecule has 29 heavy (non-hydrogen) atoms. The van der Waals surface area contributed by atoms with Crippen LogP contribution in [-0.2, 0) is 16.0 Å². The maximum absolute atomic E-state index is 13.8. The van der Waals surface area contributed by atoms with Gasteiger partial charge in [-0.15, -0.1) is 0 Å². The summed E-state index contributed by atoms with van der Waals surface area (Å²) in [5.74, 6) is -0.180. The van der Waals surface area contributed by atoms with E-state index in [1.54, 1.807) is 23.1 Å². The number of halogens is 2. The molecule has 0 saturated carbocycles. The van der Waals surface area contributed by atoms with Gasteiger partial charge in [0.25, 0.3) is 0 Å². The van der Waals surface area contributed by atoms with E-state index in [9.17, 15) is 14.0 Å². The van der Waals surface area contributed by atoms with Crippen LogP contribution in [0.5, 0.6) is 5.75 Å². The molecule has 0 spiro atoms. The summed E-state index contributed by atoms with van der Waals surface area (Å²) in [4.78, 5) is 27.8. The van der Waals surface area contributed by atoms with Crippen molar-refractivity contribution in [3.63, 3.8) is 0 Å². The second-order valence-corrected chi connectivity index (χ2v) is 7.71. The van der Waals surface area contributed by atoms with Crippen molar-refractivity contribution < 1.29 is 18.7 Å². The molecule has 2 aromatic rings. The maximum atomic E-state index is 13.8. The number of esters is 1. The van der Waals surface area contributed by atoms with Crippen LogP contribution >= 0.6 is 11.6 Å². The molecule has 152 valence electrons. The van der Waals surface area contributed by atoms with Crippen LogP contribution < -0.4 is 15.0 Å². The Balaban J connectivity index is 1.33. The average Bonchev–Trinajstić information content (AvgIpc) is 3.07. The Morgan fingerprint density at radius 2 is 2.10 bits per heavy atom. The molecule has 6 nitrogen and oxygen atoms in total. The zero-order valence-electron chi connectivity index (χ0n) is 16.0. The fourth-order valence-corrected chi connectivity index (χ4v) is 3.86. The van der Waals surface area contributed by atoms with Crippen LogP contribution in [0, 0.1) is 5.82 Å². The molecule has 0 bridgehead atoms. The molecular weight excluding hydrogens is 397 g/mol. The molecule has 2 aromatic carbocycles. The fourth-order valence-electron chi connectivity index (χ4n) is 3.74. The van der Waals surface area contributed by atoms with Crippen molar-refractivity contribution in [3.8, 4) is 5.75 Å². The number of rotatable bonds is 4. The van der Waals surface area contributed by atoms with E-state index in [1.807, 2.05) is 19.1 Å². The van der Waals surface area contributed by atoms with Crippen LogP contribution in [0.4, 0.5) is 15.8 Å². The van der Waals surface area contributed by atoms with Gasteiger partial charge in [0.1, 0.15) is 11.6 Å². The molecule has 4 rings (SSSR count). The number of carbonyl (C=O) groups is 2. The lowest BCUT2D eigenvalue weighted by molar-refractivity contribution is -0.132. The van der Waals surface area contributed by atoms with Crippen LogP contribution in [0.2, 0.25) is 5.02 Å². The number of fused-ring (bicyclic) bond motifs is 1. The third-order valence-corrected chi connectivity index (χ3v) is 5.59. The predicted molar refractivity (Wildman–Crippen MR) is 109 cm³/mol. The Hall–Kier alpha value is -2.80. The van der Waals surface area contributed by atoms with E-state index in [4.69, 9.17) is 16.3 Å². The molecule has 0 radical (unpaired) electrons. The third kappa shape index (κ3) is 4.15. The van der Waals surface area contributed by atoms with Crippen molar-refractivity contribution in [1.29, 1.82) is 0 Å². The fraction of sp³-hybridized carbons (Fsp3) is 0.333. The minimum atomic E-state index is -0.445. The third-order valence-electron chi connectivity index (χ3n) is 5.28. The van der Waals surface area contributed by atoms with Gasteiger partial charge in [0.2, 0.25) is 5.91 Å². The van der Waals surface area contributed by atoms with E-state index in [1.165, 1.54) is 6.07 Å². The summed E-state index contributed by atoms with van der Waals surface area (Å²) < 4.78 is 18.9. The highest BCUT2D eigenvalue weighted by Gasteiger charge is 2.27. The lowest BCUT2D eigenvalue weighted by atomic mass is 10.1. The summed E-state index contributed by atoms with van der Waals surface area (Å²) in [6.45, 7) is 3.87. The Labute approximate surface area is 173 Å². The highest BCUT2D eigenvalue weighted by atomic mass is 35.5. The predicted octanol–water partition coefficient (Wildman–Crippen LogP) is 3.09. The number of nitrogens with one attached hydrogen (secondary N) is 1. The summed E-state index contributed by atoms with van der Waals surface area (Å²) in [6, 6.07) is 10.2. The molecule has 0 aliphatic carbocycles. The van der Waals surface area contributed by atoms with Crippen LogP contribution in [0.25, 0.3) is 0 Å². The van der Waals surface area contributed by atoms with Crippen LogP contribution in [0.1, 0.15) is 12.5 Å². The molecule has 1 amide bonds. The molecule has 1 N–H and O–H groups in total. The number of piperazine rings is 1. The van der Waals surface area contributed by atoms with E-state index >= 15 is 0 Å². The first-order chi connectivity index (χ1) is 13.9. The standard InChI is InChI=1S/C21H21ClFN3O3/c1-13-12-25(6-7-26(13)16-4-5-17(22)18(23)10-16)20(27)11-24-15-3-2-14-8-21(28)29-19(14)9-15/h2-5,9-10,13,24H,6-8,11-12H2,1H3/t13-/m1/s1. The van der Waals surface area contributed by atoms with Crippen molar-refractivity contribution in [2.75, 3.05) is 36.4 Å². The molecule has 1 fully saturated rings. The zero-order valence-corrected chi connectivity index (χ0v) is 16.7. The Morgan fingerprint density at radius 1 is 1.28 bits per heavy atom. The first-order valence-corrected chi connectivity index (χ1v) is 9.85. The second kappa shape index (κ2) is 7.91. The van der Waals surface area contributed by atoms with E-state index in [0.717, 1.165) is 16.9 Å². The summed E-state index contributed by atoms with van der Waals surface area (Å²) in [7, 11) is 0. The molecule has 0 aromatic heterocycles. The van der Waals surface area contributed by atoms with E-state index in [-0.39, 0.29) is 35.9 Å². The van der Waals surface area contributed by atoms with Gasteiger partial charge < -0.3 is 19.9 Å². The van der Waals surface area contributed by atoms with Crippen LogP contribution in [0.15, 0.2) is 36.4 Å². The van der Waals surface area contributed by atoms with Crippen LogP contribution in [-0.4, -0.2) is 49.0 Å². The topological polar surface area (TPSA) is 61.9 Å². The van der Waals surface area contributed by atoms with E-state index in [2.05, 4.69) is 10.2 Å². The summed E-state index contributed by atoms with van der Waals surface area (Å²) >= 11 is 5.77. The van der Waals surface area contributed by atoms with Crippen molar-refractivity contribution >= 4 is 34.9 Å². The number of carbonyl (C=O) groups excluding carboxylic acids is 2. The monoisotopic (exact) mass is 417 g/mol. The first-order valence-electron chi connectivity index (χ1n) is 9.47. The smallest absolute Gasteiger partial charge is 0.315 e. The number of nitrogens with zero attached hydrogens (tertiary/aromatic N) is 2. The lowest BCUT2D eigenvalue weighted by Crippen LogP contribution is -2.54. The van der Waals surface area contributed by atoms with Gasteiger partial charge in [0.05, 0.1) is 18.0 Å². The Bertz CT molecular complexity index is 968. The minimum absolute atomic E-state index is 0.0173. The largest absolute Gasteiger partial charge is 0.426 e. The summed E-state index contributed by atoms with van der Waals surface area (Å²) in [5.41, 5.74) is 2.35. The molecule has 2 heterocycles. The first kappa shape index (κ1) is 19.5. The molecule has 8 heteroatoms. The number of anilines is 2. The normalized spacial score (nSPS) is 18.4. The molecular formula is C21H21ClFN3O3. The van der Waals surface area contributed by atoms with E-state index < -0.39 is 5.82 Å². The van der Waals surface area contributed by atoms with Gasteiger partial charge >= 0.3 is 5.97 Å². The molecule has 1 atom stereocenters. The second-order valence-electron chi connectivity index (χ2n) is 7.31. The maximum Gasteiger partial charge on any atom is 0.315 e. The summed E-state index contributed by atoms with van der Waals surface area (Å²) in [6.07, 6.45) is 0.286. The van der Waals surface area contributed by atoms with Gasteiger partial charge in [-0.05, 0) is 31.2 Å². The van der Waals surface area contributed by atoms with Crippen molar-refractivity contribution in [3.05, 3.63) is 52.8 Å². The average molecular weight is 418 g/mol. The van der Waals surface area contributed by atoms with Gasteiger partial charge in [0, 0.05) is 48.7 Å². The highest BCUT2D eigenvalue weighted by Crippen LogP contribution is 2.29.